The molecule has 1 saturated heterocycles. The van der Waals surface area contributed by atoms with Crippen molar-refractivity contribution < 1.29 is 19.5 Å². The maximum absolute atomic E-state index is 11.9. The zero-order chi connectivity index (χ0) is 12.3. The second kappa shape index (κ2) is 4.51. The Morgan fingerprint density at radius 1 is 1.44 bits per heavy atom. The van der Waals surface area contributed by atoms with Gasteiger partial charge in [0.05, 0.1) is 6.54 Å². The first kappa shape index (κ1) is 12.5. The third-order valence-electron chi connectivity index (χ3n) is 2.62. The first-order valence-electron chi connectivity index (χ1n) is 5.15. The zero-order valence-corrected chi connectivity index (χ0v) is 9.45. The van der Waals surface area contributed by atoms with E-state index < -0.39 is 17.3 Å². The Morgan fingerprint density at radius 3 is 2.62 bits per heavy atom. The van der Waals surface area contributed by atoms with Crippen LogP contribution >= 0.6 is 0 Å². The third-order valence-corrected chi connectivity index (χ3v) is 2.62. The molecule has 1 rings (SSSR count). The summed E-state index contributed by atoms with van der Waals surface area (Å²) in [6.07, 6.45) is 0.646. The van der Waals surface area contributed by atoms with E-state index in [1.54, 1.807) is 0 Å². The number of amides is 2. The van der Waals surface area contributed by atoms with Crippen LogP contribution in [0.4, 0.5) is 0 Å². The van der Waals surface area contributed by atoms with E-state index in [0.29, 0.717) is 19.5 Å². The summed E-state index contributed by atoms with van der Waals surface area (Å²) < 4.78 is 0. The highest BCUT2D eigenvalue weighted by Gasteiger charge is 2.39. The van der Waals surface area contributed by atoms with Crippen LogP contribution < -0.4 is 5.32 Å². The topological polar surface area (TPSA) is 86.7 Å². The summed E-state index contributed by atoms with van der Waals surface area (Å²) in [4.78, 5) is 35.4. The number of carboxylic acid groups (broad SMARTS) is 1. The molecule has 0 aromatic rings. The van der Waals surface area contributed by atoms with Gasteiger partial charge >= 0.3 is 5.97 Å². The fourth-order valence-corrected chi connectivity index (χ4v) is 1.47. The Hall–Kier alpha value is -1.59. The van der Waals surface area contributed by atoms with Crippen LogP contribution in [0.5, 0.6) is 0 Å². The normalized spacial score (nSPS) is 17.6. The van der Waals surface area contributed by atoms with Crippen LogP contribution in [0.15, 0.2) is 0 Å². The van der Waals surface area contributed by atoms with Crippen LogP contribution in [-0.2, 0) is 14.4 Å². The Kier molecular flexibility index (Phi) is 3.51. The highest BCUT2D eigenvalue weighted by atomic mass is 16.4. The molecule has 2 amide bonds. The molecule has 0 aromatic carbocycles. The van der Waals surface area contributed by atoms with E-state index in [4.69, 9.17) is 5.11 Å². The molecule has 90 valence electrons. The minimum atomic E-state index is -1.48. The van der Waals surface area contributed by atoms with Crippen LogP contribution in [-0.4, -0.2) is 47.4 Å². The lowest BCUT2D eigenvalue weighted by Gasteiger charge is -2.27. The van der Waals surface area contributed by atoms with Crippen LogP contribution in [0, 0.1) is 5.41 Å². The summed E-state index contributed by atoms with van der Waals surface area (Å²) in [6.45, 7) is 3.57. The van der Waals surface area contributed by atoms with Gasteiger partial charge in [0, 0.05) is 13.1 Å². The molecule has 0 spiro atoms. The standard InChI is InChI=1S/C10H16N2O4/c1-10(2,9(15)16)8(14)12-5-3-4-11-7(13)6-12/h3-6H2,1-2H3,(H,11,13)(H,15,16). The van der Waals surface area contributed by atoms with Gasteiger partial charge in [0.1, 0.15) is 5.41 Å². The van der Waals surface area contributed by atoms with Crippen LogP contribution in [0.2, 0.25) is 0 Å². The maximum Gasteiger partial charge on any atom is 0.318 e. The number of hydrogen-bond donors (Lipinski definition) is 2. The van der Waals surface area contributed by atoms with Crippen molar-refractivity contribution in [2.75, 3.05) is 19.6 Å². The zero-order valence-electron chi connectivity index (χ0n) is 9.45. The van der Waals surface area contributed by atoms with Gasteiger partial charge in [-0.15, -0.1) is 0 Å². The van der Waals surface area contributed by atoms with Crippen LogP contribution in [0.1, 0.15) is 20.3 Å². The highest BCUT2D eigenvalue weighted by molar-refractivity contribution is 6.02. The molecule has 0 radical (unpaired) electrons. The molecular weight excluding hydrogens is 212 g/mol. The highest BCUT2D eigenvalue weighted by Crippen LogP contribution is 2.19. The van der Waals surface area contributed by atoms with Gasteiger partial charge in [-0.25, -0.2) is 0 Å². The molecular formula is C10H16N2O4. The molecule has 1 aliphatic heterocycles. The Labute approximate surface area is 93.6 Å². The SMILES string of the molecule is CC(C)(C(=O)O)C(=O)N1CCCNC(=O)C1. The number of nitrogens with one attached hydrogen (secondary N) is 1. The average Bonchev–Trinajstić information content (AvgIpc) is 2.41. The molecule has 0 aliphatic carbocycles. The van der Waals surface area contributed by atoms with Gasteiger partial charge in [-0.2, -0.15) is 0 Å². The molecule has 0 unspecified atom stereocenters. The quantitative estimate of drug-likeness (QED) is 0.621. The fourth-order valence-electron chi connectivity index (χ4n) is 1.47. The van der Waals surface area contributed by atoms with E-state index in [1.807, 2.05) is 0 Å². The second-order valence-corrected chi connectivity index (χ2v) is 4.36. The van der Waals surface area contributed by atoms with Crippen LogP contribution in [0.3, 0.4) is 0 Å². The lowest BCUT2D eigenvalue weighted by molar-refractivity contribution is -0.159. The van der Waals surface area contributed by atoms with Crippen molar-refractivity contribution in [1.29, 1.82) is 0 Å². The third kappa shape index (κ3) is 2.50. The number of carboxylic acids is 1. The predicted molar refractivity (Wildman–Crippen MR) is 55.6 cm³/mol. The van der Waals surface area contributed by atoms with E-state index in [9.17, 15) is 14.4 Å². The van der Waals surface area contributed by atoms with Gasteiger partial charge in [0.15, 0.2) is 0 Å². The van der Waals surface area contributed by atoms with Gasteiger partial charge in [-0.05, 0) is 20.3 Å². The van der Waals surface area contributed by atoms with Crippen molar-refractivity contribution in [3.8, 4) is 0 Å². The average molecular weight is 228 g/mol. The minimum absolute atomic E-state index is 0.0600. The van der Waals surface area contributed by atoms with E-state index in [1.165, 1.54) is 18.7 Å². The largest absolute Gasteiger partial charge is 0.480 e. The first-order chi connectivity index (χ1) is 7.35. The van der Waals surface area contributed by atoms with E-state index in [-0.39, 0.29) is 12.5 Å². The van der Waals surface area contributed by atoms with Crippen LogP contribution in [0.25, 0.3) is 0 Å². The van der Waals surface area contributed by atoms with Crippen molar-refractivity contribution >= 4 is 17.8 Å². The number of hydrogen-bond acceptors (Lipinski definition) is 3. The molecule has 0 saturated carbocycles. The maximum atomic E-state index is 11.9. The monoisotopic (exact) mass is 228 g/mol. The number of aliphatic carboxylic acids is 1. The minimum Gasteiger partial charge on any atom is -0.480 e. The molecule has 6 nitrogen and oxygen atoms in total. The van der Waals surface area contributed by atoms with Gasteiger partial charge in [0.2, 0.25) is 11.8 Å². The van der Waals surface area contributed by atoms with E-state index in [0.717, 1.165) is 0 Å². The Bertz CT molecular complexity index is 325. The predicted octanol–water partition coefficient (Wildman–Crippen LogP) is -0.554. The Morgan fingerprint density at radius 2 is 2.06 bits per heavy atom. The molecule has 1 heterocycles. The van der Waals surface area contributed by atoms with Crippen molar-refractivity contribution in [2.24, 2.45) is 5.41 Å². The summed E-state index contributed by atoms with van der Waals surface area (Å²) in [5, 5.41) is 11.6. The fraction of sp³-hybridized carbons (Fsp3) is 0.700. The van der Waals surface area contributed by atoms with Gasteiger partial charge in [-0.1, -0.05) is 0 Å². The molecule has 0 aromatic heterocycles. The molecule has 0 atom stereocenters. The summed E-state index contributed by atoms with van der Waals surface area (Å²) in [5.41, 5.74) is -1.48. The summed E-state index contributed by atoms with van der Waals surface area (Å²) in [7, 11) is 0. The lowest BCUT2D eigenvalue weighted by Crippen LogP contribution is -2.47. The number of carbonyl (C=O) groups is 3. The van der Waals surface area contributed by atoms with Crippen molar-refractivity contribution in [3.63, 3.8) is 0 Å². The molecule has 2 N–H and O–H groups in total. The second-order valence-electron chi connectivity index (χ2n) is 4.36. The van der Waals surface area contributed by atoms with Gasteiger partial charge in [-0.3, -0.25) is 14.4 Å². The molecule has 16 heavy (non-hydrogen) atoms. The first-order valence-corrected chi connectivity index (χ1v) is 5.15. The Balaban J connectivity index is 2.79. The number of rotatable bonds is 2. The van der Waals surface area contributed by atoms with E-state index >= 15 is 0 Å². The number of carbonyl (C=O) groups excluding carboxylic acids is 2. The van der Waals surface area contributed by atoms with Crippen molar-refractivity contribution in [2.45, 2.75) is 20.3 Å². The molecule has 6 heteroatoms. The van der Waals surface area contributed by atoms with Crippen molar-refractivity contribution in [1.82, 2.24) is 10.2 Å². The number of nitrogens with zero attached hydrogens (tertiary/aromatic N) is 1. The lowest BCUT2D eigenvalue weighted by atomic mass is 9.92. The smallest absolute Gasteiger partial charge is 0.318 e. The summed E-state index contributed by atoms with van der Waals surface area (Å²) in [6, 6.07) is 0. The van der Waals surface area contributed by atoms with E-state index in [2.05, 4.69) is 5.32 Å². The van der Waals surface area contributed by atoms with Gasteiger partial charge in [0.25, 0.3) is 0 Å². The summed E-state index contributed by atoms with van der Waals surface area (Å²) in [5.74, 6) is -1.94. The van der Waals surface area contributed by atoms with Gasteiger partial charge < -0.3 is 15.3 Å². The van der Waals surface area contributed by atoms with Crippen molar-refractivity contribution in [3.05, 3.63) is 0 Å². The summed E-state index contributed by atoms with van der Waals surface area (Å²) >= 11 is 0. The molecule has 1 aliphatic rings. The molecule has 1 fully saturated rings. The molecule has 0 bridgehead atoms.